The molecule has 0 bridgehead atoms. The zero-order chi connectivity index (χ0) is 21.1. The number of hydrogen-bond acceptors (Lipinski definition) is 5. The van der Waals surface area contributed by atoms with E-state index < -0.39 is 0 Å². The second kappa shape index (κ2) is 11.7. The topological polar surface area (TPSA) is 112 Å². The first-order chi connectivity index (χ1) is 14.1. The van der Waals surface area contributed by atoms with Gasteiger partial charge in [0.05, 0.1) is 11.3 Å². The molecule has 0 fully saturated rings. The van der Waals surface area contributed by atoms with Crippen LogP contribution < -0.4 is 16.0 Å². The normalized spacial score (nSPS) is 11.5. The highest BCUT2D eigenvalue weighted by atomic mass is 16.5. The number of rotatable bonds is 10. The molecule has 0 saturated carbocycles. The molecule has 0 spiro atoms. The van der Waals surface area contributed by atoms with E-state index in [1.165, 1.54) is 6.07 Å². The molecule has 1 aromatic heterocycles. The van der Waals surface area contributed by atoms with Crippen molar-refractivity contribution in [3.8, 4) is 5.75 Å². The van der Waals surface area contributed by atoms with E-state index >= 15 is 0 Å². The minimum atomic E-state index is -0.317. The number of nitrogens with one attached hydrogen (secondary N) is 3. The Kier molecular flexibility index (Phi) is 9.01. The van der Waals surface area contributed by atoms with Gasteiger partial charge in [-0.3, -0.25) is 4.79 Å². The van der Waals surface area contributed by atoms with Gasteiger partial charge in [0.1, 0.15) is 12.3 Å². The third-order valence-corrected chi connectivity index (χ3v) is 4.57. The van der Waals surface area contributed by atoms with Crippen LogP contribution in [0, 0.1) is 0 Å². The van der Waals surface area contributed by atoms with Crippen molar-refractivity contribution in [1.82, 2.24) is 21.1 Å². The molecule has 2 aromatic rings. The minimum Gasteiger partial charge on any atom is -0.507 e. The summed E-state index contributed by atoms with van der Waals surface area (Å²) in [5.41, 5.74) is 1.23. The van der Waals surface area contributed by atoms with Gasteiger partial charge in [0.15, 0.2) is 11.7 Å². The molecule has 0 aliphatic rings. The van der Waals surface area contributed by atoms with Gasteiger partial charge in [-0.1, -0.05) is 31.1 Å². The number of aliphatic imine (C=N–C) groups is 1. The Labute approximate surface area is 171 Å². The van der Waals surface area contributed by atoms with E-state index in [-0.39, 0.29) is 17.2 Å². The zero-order valence-corrected chi connectivity index (χ0v) is 17.4. The molecule has 4 N–H and O–H groups in total. The predicted octanol–water partition coefficient (Wildman–Crippen LogP) is 2.77. The summed E-state index contributed by atoms with van der Waals surface area (Å²) in [5.74, 6) is 1.41. The molecule has 0 unspecified atom stereocenters. The van der Waals surface area contributed by atoms with Crippen LogP contribution in [0.1, 0.15) is 61.3 Å². The van der Waals surface area contributed by atoms with E-state index in [9.17, 15) is 9.90 Å². The molecule has 1 amide bonds. The zero-order valence-electron chi connectivity index (χ0n) is 17.4. The van der Waals surface area contributed by atoms with Crippen LogP contribution in [0.2, 0.25) is 0 Å². The van der Waals surface area contributed by atoms with Gasteiger partial charge in [-0.15, -0.1) is 0 Å². The number of guanidine groups is 1. The first kappa shape index (κ1) is 22.3. The standard InChI is InChI=1S/C21H31N5O3/c1-4-15(5-2)18-13-16(29-26-18)14-25-21(22-6-3)24-12-11-23-20(28)17-9-7-8-10-19(17)27/h7-10,13,15,27H,4-6,11-12,14H2,1-3H3,(H,23,28)(H2,22,24,25). The molecule has 0 saturated heterocycles. The summed E-state index contributed by atoms with van der Waals surface area (Å²) >= 11 is 0. The van der Waals surface area contributed by atoms with Crippen molar-refractivity contribution in [2.24, 2.45) is 4.99 Å². The van der Waals surface area contributed by atoms with E-state index in [0.29, 0.717) is 38.1 Å². The van der Waals surface area contributed by atoms with E-state index in [1.54, 1.807) is 18.2 Å². The number of para-hydroxylation sites is 1. The fraction of sp³-hybridized carbons (Fsp3) is 0.476. The number of benzene rings is 1. The first-order valence-electron chi connectivity index (χ1n) is 10.1. The Bertz CT molecular complexity index is 799. The fourth-order valence-corrected chi connectivity index (χ4v) is 2.92. The van der Waals surface area contributed by atoms with Crippen LogP contribution in [0.15, 0.2) is 39.8 Å². The smallest absolute Gasteiger partial charge is 0.255 e. The van der Waals surface area contributed by atoms with Crippen molar-refractivity contribution in [1.29, 1.82) is 0 Å². The Morgan fingerprint density at radius 3 is 2.55 bits per heavy atom. The van der Waals surface area contributed by atoms with Crippen LogP contribution in [-0.4, -0.2) is 41.8 Å². The molecular weight excluding hydrogens is 370 g/mol. The van der Waals surface area contributed by atoms with Crippen LogP contribution in [0.4, 0.5) is 0 Å². The average molecular weight is 402 g/mol. The van der Waals surface area contributed by atoms with Crippen LogP contribution >= 0.6 is 0 Å². The van der Waals surface area contributed by atoms with E-state index in [4.69, 9.17) is 4.52 Å². The number of aromatic hydroxyl groups is 1. The maximum Gasteiger partial charge on any atom is 0.255 e. The van der Waals surface area contributed by atoms with Crippen molar-refractivity contribution < 1.29 is 14.4 Å². The Balaban J connectivity index is 1.83. The van der Waals surface area contributed by atoms with Crippen molar-refractivity contribution >= 4 is 11.9 Å². The maximum atomic E-state index is 12.1. The Morgan fingerprint density at radius 2 is 1.86 bits per heavy atom. The van der Waals surface area contributed by atoms with Crippen molar-refractivity contribution in [2.45, 2.75) is 46.1 Å². The lowest BCUT2D eigenvalue weighted by Gasteiger charge is -2.12. The van der Waals surface area contributed by atoms with E-state index in [0.717, 1.165) is 24.3 Å². The van der Waals surface area contributed by atoms with E-state index in [1.807, 2.05) is 13.0 Å². The lowest BCUT2D eigenvalue weighted by Crippen LogP contribution is -2.41. The van der Waals surface area contributed by atoms with Gasteiger partial charge < -0.3 is 25.6 Å². The number of nitrogens with zero attached hydrogens (tertiary/aromatic N) is 2. The number of carbonyl (C=O) groups excluding carboxylic acids is 1. The van der Waals surface area contributed by atoms with Gasteiger partial charge in [0, 0.05) is 31.6 Å². The third kappa shape index (κ3) is 6.81. The maximum absolute atomic E-state index is 12.1. The second-order valence-electron chi connectivity index (χ2n) is 6.63. The van der Waals surface area contributed by atoms with Crippen LogP contribution in [0.5, 0.6) is 5.75 Å². The van der Waals surface area contributed by atoms with Gasteiger partial charge in [-0.25, -0.2) is 4.99 Å². The molecule has 0 radical (unpaired) electrons. The van der Waals surface area contributed by atoms with Gasteiger partial charge in [-0.2, -0.15) is 0 Å². The molecule has 8 nitrogen and oxygen atoms in total. The summed E-state index contributed by atoms with van der Waals surface area (Å²) < 4.78 is 5.40. The predicted molar refractivity (Wildman–Crippen MR) is 113 cm³/mol. The lowest BCUT2D eigenvalue weighted by molar-refractivity contribution is 0.0951. The second-order valence-corrected chi connectivity index (χ2v) is 6.63. The monoisotopic (exact) mass is 401 g/mol. The molecular formula is C21H31N5O3. The minimum absolute atomic E-state index is 0.0346. The van der Waals surface area contributed by atoms with Crippen molar-refractivity contribution in [3.05, 3.63) is 47.3 Å². The Morgan fingerprint density at radius 1 is 1.14 bits per heavy atom. The summed E-state index contributed by atoms with van der Waals surface area (Å²) in [7, 11) is 0. The summed E-state index contributed by atoms with van der Waals surface area (Å²) in [6.45, 7) is 8.24. The fourth-order valence-electron chi connectivity index (χ4n) is 2.92. The molecule has 158 valence electrons. The molecule has 29 heavy (non-hydrogen) atoms. The number of phenols is 1. The van der Waals surface area contributed by atoms with Gasteiger partial charge >= 0.3 is 0 Å². The van der Waals surface area contributed by atoms with Crippen LogP contribution in [0.25, 0.3) is 0 Å². The van der Waals surface area contributed by atoms with Gasteiger partial charge in [0.25, 0.3) is 5.91 Å². The molecule has 2 rings (SSSR count). The number of carbonyl (C=O) groups is 1. The molecule has 0 atom stereocenters. The average Bonchev–Trinajstić information content (AvgIpc) is 3.19. The quantitative estimate of drug-likeness (QED) is 0.277. The van der Waals surface area contributed by atoms with Crippen LogP contribution in [0.3, 0.4) is 0 Å². The van der Waals surface area contributed by atoms with Crippen LogP contribution in [-0.2, 0) is 6.54 Å². The summed E-state index contributed by atoms with van der Waals surface area (Å²) in [6, 6.07) is 8.42. The van der Waals surface area contributed by atoms with Crippen molar-refractivity contribution in [2.75, 3.05) is 19.6 Å². The summed E-state index contributed by atoms with van der Waals surface area (Å²) in [5, 5.41) is 23.0. The van der Waals surface area contributed by atoms with E-state index in [2.05, 4.69) is 39.9 Å². The molecule has 1 aromatic carbocycles. The van der Waals surface area contributed by atoms with Gasteiger partial charge in [-0.05, 0) is 31.9 Å². The SMILES string of the molecule is CCNC(=NCc1cc(C(CC)CC)no1)NCCNC(=O)c1ccccc1O. The Hall–Kier alpha value is -3.03. The largest absolute Gasteiger partial charge is 0.507 e. The number of hydrogen-bond donors (Lipinski definition) is 4. The number of aromatic nitrogens is 1. The highest BCUT2D eigenvalue weighted by molar-refractivity contribution is 5.96. The number of amides is 1. The molecule has 0 aliphatic heterocycles. The third-order valence-electron chi connectivity index (χ3n) is 4.57. The summed E-state index contributed by atoms with van der Waals surface area (Å²) in [4.78, 5) is 16.6. The summed E-state index contributed by atoms with van der Waals surface area (Å²) in [6.07, 6.45) is 2.06. The highest BCUT2D eigenvalue weighted by Crippen LogP contribution is 2.22. The van der Waals surface area contributed by atoms with Crippen molar-refractivity contribution in [3.63, 3.8) is 0 Å². The molecule has 1 heterocycles. The van der Waals surface area contributed by atoms with Gasteiger partial charge in [0.2, 0.25) is 0 Å². The number of phenolic OH excluding ortho intramolecular Hbond substituents is 1. The first-order valence-corrected chi connectivity index (χ1v) is 10.1. The lowest BCUT2D eigenvalue weighted by atomic mass is 9.99. The molecule has 0 aliphatic carbocycles. The highest BCUT2D eigenvalue weighted by Gasteiger charge is 2.13. The molecule has 8 heteroatoms.